The molecule has 1 aliphatic carbocycles. The van der Waals surface area contributed by atoms with E-state index in [-0.39, 0.29) is 17.1 Å². The van der Waals surface area contributed by atoms with Crippen LogP contribution >= 0.6 is 11.3 Å². The Kier molecular flexibility index (Phi) is 6.13. The van der Waals surface area contributed by atoms with Crippen molar-refractivity contribution in [1.29, 1.82) is 0 Å². The lowest BCUT2D eigenvalue weighted by atomic mass is 10.1. The summed E-state index contributed by atoms with van der Waals surface area (Å²) in [6.07, 6.45) is 5.05. The minimum atomic E-state index is -0.984. The maximum atomic E-state index is 12.8. The van der Waals surface area contributed by atoms with Gasteiger partial charge in [0.25, 0.3) is 5.91 Å². The van der Waals surface area contributed by atoms with Crippen molar-refractivity contribution in [3.05, 3.63) is 41.4 Å². The van der Waals surface area contributed by atoms with Gasteiger partial charge in [0.1, 0.15) is 6.10 Å². The predicted molar refractivity (Wildman–Crippen MR) is 108 cm³/mol. The van der Waals surface area contributed by atoms with Gasteiger partial charge in [-0.1, -0.05) is 17.3 Å². The van der Waals surface area contributed by atoms with Crippen molar-refractivity contribution in [2.45, 2.75) is 41.9 Å². The number of oxime groups is 1. The molecule has 1 atom stereocenters. The Morgan fingerprint density at radius 1 is 1.21 bits per heavy atom. The van der Waals surface area contributed by atoms with Crippen molar-refractivity contribution in [3.63, 3.8) is 0 Å². The van der Waals surface area contributed by atoms with Crippen LogP contribution in [0.1, 0.15) is 31.2 Å². The minimum Gasteiger partial charge on any atom is -0.392 e. The van der Waals surface area contributed by atoms with Crippen LogP contribution in [-0.2, 0) is 25.2 Å². The van der Waals surface area contributed by atoms with E-state index in [1.165, 1.54) is 11.3 Å². The maximum Gasteiger partial charge on any atom is 0.280 e. The first-order chi connectivity index (χ1) is 13.7. The number of rotatable bonds is 7. The molecular weight excluding hydrogens is 398 g/mol. The van der Waals surface area contributed by atoms with Crippen LogP contribution in [0.2, 0.25) is 0 Å². The standard InChI is InChI=1S/C19H21N3O4S2/c23-18(21-19-20-9-12-27-19)17(22-26-14-7-10-25-11-8-14)13-1-3-15(4-2-13)28(24)16-5-6-16/h1-4,9,12,14,16H,5-8,10-11H2,(H,20,21,23)/b22-17+. The fraction of sp³-hybridized carbons (Fsp3) is 0.421. The van der Waals surface area contributed by atoms with E-state index >= 15 is 0 Å². The molecule has 1 aliphatic heterocycles. The SMILES string of the molecule is O=C(Nc1nccs1)/C(=N/OC1CCOCC1)c1ccc(S(=O)C2CC2)cc1. The van der Waals surface area contributed by atoms with Crippen LogP contribution in [-0.4, -0.2) is 45.4 Å². The molecule has 1 amide bonds. The van der Waals surface area contributed by atoms with Crippen LogP contribution in [0.4, 0.5) is 5.13 Å². The molecule has 2 heterocycles. The Labute approximate surface area is 169 Å². The van der Waals surface area contributed by atoms with Gasteiger partial charge in [0.15, 0.2) is 10.8 Å². The van der Waals surface area contributed by atoms with Gasteiger partial charge in [0.2, 0.25) is 0 Å². The van der Waals surface area contributed by atoms with Gasteiger partial charge < -0.3 is 9.57 Å². The number of carbonyl (C=O) groups excluding carboxylic acids is 1. The van der Waals surface area contributed by atoms with E-state index in [2.05, 4.69) is 15.5 Å². The van der Waals surface area contributed by atoms with E-state index in [0.717, 1.165) is 30.6 Å². The summed E-state index contributed by atoms with van der Waals surface area (Å²) in [6, 6.07) is 7.13. The number of hydrogen-bond donors (Lipinski definition) is 1. The normalized spacial score (nSPS) is 19.2. The second-order valence-corrected chi connectivity index (χ2v) is 9.30. The number of ether oxygens (including phenoxy) is 1. The van der Waals surface area contributed by atoms with Gasteiger partial charge >= 0.3 is 0 Å². The van der Waals surface area contributed by atoms with Crippen molar-refractivity contribution in [3.8, 4) is 0 Å². The number of thiazole rings is 1. The molecule has 2 aromatic rings. The highest BCUT2D eigenvalue weighted by atomic mass is 32.2. The van der Waals surface area contributed by atoms with Gasteiger partial charge in [0, 0.05) is 40.1 Å². The topological polar surface area (TPSA) is 89.9 Å². The monoisotopic (exact) mass is 419 g/mol. The number of hydrogen-bond acceptors (Lipinski definition) is 7. The Hall–Kier alpha value is -2.10. The lowest BCUT2D eigenvalue weighted by Crippen LogP contribution is -2.27. The molecule has 1 saturated carbocycles. The summed E-state index contributed by atoms with van der Waals surface area (Å²) in [7, 11) is -0.984. The van der Waals surface area contributed by atoms with Gasteiger partial charge in [-0.25, -0.2) is 4.98 Å². The fourth-order valence-electron chi connectivity index (χ4n) is 2.80. The number of benzene rings is 1. The summed E-state index contributed by atoms with van der Waals surface area (Å²) < 4.78 is 17.6. The van der Waals surface area contributed by atoms with Gasteiger partial charge in [0.05, 0.1) is 24.0 Å². The number of amides is 1. The van der Waals surface area contributed by atoms with E-state index < -0.39 is 16.7 Å². The van der Waals surface area contributed by atoms with Crippen molar-refractivity contribution in [2.75, 3.05) is 18.5 Å². The zero-order valence-corrected chi connectivity index (χ0v) is 16.8. The zero-order chi connectivity index (χ0) is 19.3. The Balaban J connectivity index is 1.54. The average molecular weight is 420 g/mol. The van der Waals surface area contributed by atoms with Crippen LogP contribution in [0.5, 0.6) is 0 Å². The highest BCUT2D eigenvalue weighted by Crippen LogP contribution is 2.30. The molecular formula is C19H21N3O4S2. The highest BCUT2D eigenvalue weighted by Gasteiger charge is 2.29. The van der Waals surface area contributed by atoms with Crippen LogP contribution in [0.3, 0.4) is 0 Å². The van der Waals surface area contributed by atoms with E-state index in [4.69, 9.17) is 9.57 Å². The molecule has 0 bridgehead atoms. The summed E-state index contributed by atoms with van der Waals surface area (Å²) in [6.45, 7) is 1.25. The zero-order valence-electron chi connectivity index (χ0n) is 15.2. The number of carbonyl (C=O) groups is 1. The van der Waals surface area contributed by atoms with Crippen LogP contribution in [0.15, 0.2) is 45.9 Å². The van der Waals surface area contributed by atoms with E-state index in [1.807, 2.05) is 0 Å². The summed E-state index contributed by atoms with van der Waals surface area (Å²) in [5.41, 5.74) is 0.781. The molecule has 28 heavy (non-hydrogen) atoms. The van der Waals surface area contributed by atoms with Crippen molar-refractivity contribution >= 4 is 38.9 Å². The highest BCUT2D eigenvalue weighted by molar-refractivity contribution is 7.86. The second kappa shape index (κ2) is 8.93. The first kappa shape index (κ1) is 19.2. The summed E-state index contributed by atoms with van der Waals surface area (Å²) in [5.74, 6) is -0.391. The van der Waals surface area contributed by atoms with E-state index in [1.54, 1.807) is 35.8 Å². The molecule has 7 nitrogen and oxygen atoms in total. The van der Waals surface area contributed by atoms with Crippen molar-refractivity contribution < 1.29 is 18.6 Å². The largest absolute Gasteiger partial charge is 0.392 e. The van der Waals surface area contributed by atoms with Crippen LogP contribution < -0.4 is 5.32 Å². The van der Waals surface area contributed by atoms with Gasteiger partial charge in [-0.15, -0.1) is 11.3 Å². The molecule has 2 fully saturated rings. The Morgan fingerprint density at radius 3 is 2.61 bits per heavy atom. The fourth-order valence-corrected chi connectivity index (χ4v) is 4.67. The smallest absolute Gasteiger partial charge is 0.280 e. The molecule has 0 spiro atoms. The quantitative estimate of drug-likeness (QED) is 0.550. The Morgan fingerprint density at radius 2 is 1.96 bits per heavy atom. The Bertz CT molecular complexity index is 858. The number of nitrogens with zero attached hydrogens (tertiary/aromatic N) is 2. The van der Waals surface area contributed by atoms with Gasteiger partial charge in [-0.3, -0.25) is 14.3 Å². The number of anilines is 1. The van der Waals surface area contributed by atoms with Crippen molar-refractivity contribution in [1.82, 2.24) is 4.98 Å². The third-order valence-corrected chi connectivity index (χ3v) is 7.02. The first-order valence-corrected chi connectivity index (χ1v) is 11.3. The molecule has 4 rings (SSSR count). The molecule has 1 N–H and O–H groups in total. The predicted octanol–water partition coefficient (Wildman–Crippen LogP) is 2.95. The average Bonchev–Trinajstić information content (AvgIpc) is 3.46. The summed E-state index contributed by atoms with van der Waals surface area (Å²) in [5, 5.41) is 9.46. The first-order valence-electron chi connectivity index (χ1n) is 9.24. The minimum absolute atomic E-state index is 0.0712. The molecule has 9 heteroatoms. The molecule has 1 saturated heterocycles. The molecule has 0 radical (unpaired) electrons. The molecule has 1 aromatic carbocycles. The molecule has 2 aliphatic rings. The summed E-state index contributed by atoms with van der Waals surface area (Å²) in [4.78, 5) is 23.3. The third kappa shape index (κ3) is 4.84. The second-order valence-electron chi connectivity index (χ2n) is 6.67. The van der Waals surface area contributed by atoms with E-state index in [0.29, 0.717) is 23.9 Å². The van der Waals surface area contributed by atoms with Gasteiger partial charge in [-0.05, 0) is 25.0 Å². The lowest BCUT2D eigenvalue weighted by Gasteiger charge is -2.20. The van der Waals surface area contributed by atoms with Crippen molar-refractivity contribution in [2.24, 2.45) is 5.16 Å². The number of aromatic nitrogens is 1. The molecule has 1 aromatic heterocycles. The number of nitrogens with one attached hydrogen (secondary N) is 1. The van der Waals surface area contributed by atoms with E-state index in [9.17, 15) is 9.00 Å². The maximum absolute atomic E-state index is 12.8. The summed E-state index contributed by atoms with van der Waals surface area (Å²) >= 11 is 1.33. The molecule has 148 valence electrons. The van der Waals surface area contributed by atoms with Gasteiger partial charge in [-0.2, -0.15) is 0 Å². The van der Waals surface area contributed by atoms with Crippen LogP contribution in [0, 0.1) is 0 Å². The third-order valence-electron chi connectivity index (χ3n) is 4.52. The van der Waals surface area contributed by atoms with Crippen LogP contribution in [0.25, 0.3) is 0 Å². The lowest BCUT2D eigenvalue weighted by molar-refractivity contribution is -0.110. The molecule has 1 unspecified atom stereocenters.